The Hall–Kier alpha value is -2.34. The number of carbonyl (C=O) groups is 1. The third-order valence-electron chi connectivity index (χ3n) is 4.31. The average Bonchev–Trinajstić information content (AvgIpc) is 2.86. The maximum atomic E-state index is 13.0. The normalized spacial score (nSPS) is 17.1. The van der Waals surface area contributed by atoms with Gasteiger partial charge in [0.15, 0.2) is 0 Å². The first-order valence-corrected chi connectivity index (χ1v) is 7.45. The molecule has 2 aromatic rings. The van der Waals surface area contributed by atoms with E-state index >= 15 is 0 Å². The number of aromatic nitrogens is 2. The number of rotatable bonds is 3. The molecule has 1 aliphatic rings. The highest BCUT2D eigenvalue weighted by Gasteiger charge is 2.41. The van der Waals surface area contributed by atoms with E-state index in [0.717, 1.165) is 18.7 Å². The molecular formula is C16H20N4O2. The average molecular weight is 300 g/mol. The Morgan fingerprint density at radius 2 is 1.91 bits per heavy atom. The van der Waals surface area contributed by atoms with Gasteiger partial charge in [0, 0.05) is 7.05 Å². The fourth-order valence-corrected chi connectivity index (χ4v) is 3.09. The molecule has 1 aliphatic heterocycles. The summed E-state index contributed by atoms with van der Waals surface area (Å²) in [6.07, 6.45) is 3.03. The number of carbonyl (C=O) groups excluding carboxylic acids is 1. The molecule has 3 rings (SSSR count). The molecule has 0 bridgehead atoms. The lowest BCUT2D eigenvalue weighted by Crippen LogP contribution is -2.48. The molecule has 0 spiro atoms. The molecular weight excluding hydrogens is 280 g/mol. The zero-order chi connectivity index (χ0) is 15.6. The highest BCUT2D eigenvalue weighted by Crippen LogP contribution is 2.34. The van der Waals surface area contributed by atoms with Crippen molar-refractivity contribution in [2.75, 3.05) is 18.4 Å². The van der Waals surface area contributed by atoms with E-state index < -0.39 is 5.41 Å². The molecule has 1 amide bonds. The fourth-order valence-electron chi connectivity index (χ4n) is 3.09. The van der Waals surface area contributed by atoms with Crippen LogP contribution in [0.1, 0.15) is 18.4 Å². The minimum Gasteiger partial charge on any atom is -0.319 e. The summed E-state index contributed by atoms with van der Waals surface area (Å²) in [7, 11) is 1.72. The summed E-state index contributed by atoms with van der Waals surface area (Å²) >= 11 is 0. The van der Waals surface area contributed by atoms with E-state index in [1.54, 1.807) is 13.2 Å². The number of hydrogen-bond acceptors (Lipinski definition) is 3. The highest BCUT2D eigenvalue weighted by molar-refractivity contribution is 5.99. The molecule has 0 radical (unpaired) electrons. The van der Waals surface area contributed by atoms with E-state index in [1.807, 2.05) is 30.3 Å². The molecule has 0 atom stereocenters. The molecule has 2 heterocycles. The number of aryl methyl sites for hydroxylation is 1. The van der Waals surface area contributed by atoms with Crippen LogP contribution in [-0.4, -0.2) is 28.8 Å². The van der Waals surface area contributed by atoms with Gasteiger partial charge in [-0.15, -0.1) is 0 Å². The lowest BCUT2D eigenvalue weighted by atomic mass is 9.72. The van der Waals surface area contributed by atoms with Crippen molar-refractivity contribution in [1.29, 1.82) is 0 Å². The van der Waals surface area contributed by atoms with Gasteiger partial charge in [0.1, 0.15) is 5.69 Å². The van der Waals surface area contributed by atoms with Crippen LogP contribution in [-0.2, 0) is 17.3 Å². The van der Waals surface area contributed by atoms with Crippen LogP contribution in [0.2, 0.25) is 0 Å². The Labute approximate surface area is 128 Å². The third-order valence-corrected chi connectivity index (χ3v) is 4.31. The van der Waals surface area contributed by atoms with Crippen molar-refractivity contribution in [3.8, 4) is 0 Å². The van der Waals surface area contributed by atoms with Crippen LogP contribution in [0.15, 0.2) is 41.3 Å². The van der Waals surface area contributed by atoms with Crippen molar-refractivity contribution >= 4 is 11.6 Å². The zero-order valence-corrected chi connectivity index (χ0v) is 12.6. The number of benzene rings is 1. The van der Waals surface area contributed by atoms with E-state index in [4.69, 9.17) is 0 Å². The van der Waals surface area contributed by atoms with Crippen LogP contribution in [0, 0.1) is 0 Å². The largest absolute Gasteiger partial charge is 0.319 e. The van der Waals surface area contributed by atoms with Gasteiger partial charge >= 0.3 is 0 Å². The predicted molar refractivity (Wildman–Crippen MR) is 84.9 cm³/mol. The number of nitrogens with zero attached hydrogens (tertiary/aromatic N) is 1. The summed E-state index contributed by atoms with van der Waals surface area (Å²) in [4.78, 5) is 24.7. The second kappa shape index (κ2) is 5.81. The van der Waals surface area contributed by atoms with Crippen molar-refractivity contribution in [2.45, 2.75) is 18.3 Å². The molecule has 116 valence electrons. The van der Waals surface area contributed by atoms with E-state index in [0.29, 0.717) is 18.5 Å². The lowest BCUT2D eigenvalue weighted by molar-refractivity contribution is -0.122. The summed E-state index contributed by atoms with van der Waals surface area (Å²) in [5.74, 6) is -0.114. The molecule has 1 aromatic heterocycles. The predicted octanol–water partition coefficient (Wildman–Crippen LogP) is 0.973. The summed E-state index contributed by atoms with van der Waals surface area (Å²) in [6.45, 7) is 1.57. The Balaban J connectivity index is 1.94. The molecule has 0 aliphatic carbocycles. The van der Waals surface area contributed by atoms with Crippen LogP contribution in [0.4, 0.5) is 5.69 Å². The summed E-state index contributed by atoms with van der Waals surface area (Å²) in [6, 6.07) is 9.81. The molecule has 3 N–H and O–H groups in total. The lowest BCUT2D eigenvalue weighted by Gasteiger charge is -2.36. The van der Waals surface area contributed by atoms with Gasteiger partial charge in [-0.3, -0.25) is 19.4 Å². The second-order valence-electron chi connectivity index (χ2n) is 5.75. The van der Waals surface area contributed by atoms with Gasteiger partial charge in [-0.05, 0) is 31.5 Å². The number of piperidine rings is 1. The van der Waals surface area contributed by atoms with Crippen molar-refractivity contribution in [3.63, 3.8) is 0 Å². The van der Waals surface area contributed by atoms with E-state index in [2.05, 4.69) is 15.7 Å². The molecule has 22 heavy (non-hydrogen) atoms. The number of nitrogens with one attached hydrogen (secondary N) is 3. The minimum atomic E-state index is -0.589. The van der Waals surface area contributed by atoms with Crippen molar-refractivity contribution in [3.05, 3.63) is 52.4 Å². The first kappa shape index (κ1) is 14.6. The number of aromatic amines is 1. The SMILES string of the molecule is Cn1cc(NC(=O)C2(c3ccccc3)CCNCC2)c(=O)[nH]1. The van der Waals surface area contributed by atoms with E-state index in [1.165, 1.54) is 4.68 Å². The zero-order valence-electron chi connectivity index (χ0n) is 12.6. The quantitative estimate of drug-likeness (QED) is 0.790. The van der Waals surface area contributed by atoms with Crippen LogP contribution < -0.4 is 16.2 Å². The molecule has 0 saturated carbocycles. The van der Waals surface area contributed by atoms with E-state index in [9.17, 15) is 9.59 Å². The molecule has 6 nitrogen and oxygen atoms in total. The number of anilines is 1. The molecule has 1 aromatic carbocycles. The molecule has 6 heteroatoms. The van der Waals surface area contributed by atoms with Gasteiger partial charge in [0.25, 0.3) is 5.56 Å². The molecule has 1 saturated heterocycles. The smallest absolute Gasteiger partial charge is 0.287 e. The van der Waals surface area contributed by atoms with Crippen LogP contribution in [0.5, 0.6) is 0 Å². The summed E-state index contributed by atoms with van der Waals surface area (Å²) < 4.78 is 1.54. The van der Waals surface area contributed by atoms with Crippen molar-refractivity contribution in [2.24, 2.45) is 7.05 Å². The number of hydrogen-bond donors (Lipinski definition) is 3. The summed E-state index contributed by atoms with van der Waals surface area (Å²) in [5, 5.41) is 8.70. The van der Waals surface area contributed by atoms with Crippen molar-refractivity contribution in [1.82, 2.24) is 15.1 Å². The third kappa shape index (κ3) is 2.57. The van der Waals surface area contributed by atoms with Crippen LogP contribution in [0.3, 0.4) is 0 Å². The standard InChI is InChI=1S/C16H20N4O2/c1-20-11-13(14(21)19-20)18-15(22)16(7-9-17-10-8-16)12-5-3-2-4-6-12/h2-6,11,17H,7-10H2,1H3,(H,18,22)(H,19,21). The number of amides is 1. The fraction of sp³-hybridized carbons (Fsp3) is 0.375. The maximum Gasteiger partial charge on any atom is 0.287 e. The van der Waals surface area contributed by atoms with Crippen molar-refractivity contribution < 1.29 is 4.79 Å². The first-order valence-electron chi connectivity index (χ1n) is 7.45. The van der Waals surface area contributed by atoms with Crippen LogP contribution in [0.25, 0.3) is 0 Å². The Morgan fingerprint density at radius 1 is 1.23 bits per heavy atom. The minimum absolute atomic E-state index is 0.114. The van der Waals surface area contributed by atoms with Crippen LogP contribution >= 0.6 is 0 Å². The van der Waals surface area contributed by atoms with E-state index in [-0.39, 0.29) is 11.5 Å². The van der Waals surface area contributed by atoms with Gasteiger partial charge in [0.05, 0.1) is 11.6 Å². The monoisotopic (exact) mass is 300 g/mol. The Morgan fingerprint density at radius 3 is 2.50 bits per heavy atom. The van der Waals surface area contributed by atoms with Gasteiger partial charge in [-0.25, -0.2) is 0 Å². The van der Waals surface area contributed by atoms with Gasteiger partial charge < -0.3 is 10.6 Å². The van der Waals surface area contributed by atoms with Gasteiger partial charge in [0.2, 0.25) is 5.91 Å². The Kier molecular flexibility index (Phi) is 3.85. The van der Waals surface area contributed by atoms with Gasteiger partial charge in [-0.2, -0.15) is 0 Å². The Bertz CT molecular complexity index is 711. The molecule has 0 unspecified atom stereocenters. The summed E-state index contributed by atoms with van der Waals surface area (Å²) in [5.41, 5.74) is 0.421. The highest BCUT2D eigenvalue weighted by atomic mass is 16.2. The topological polar surface area (TPSA) is 78.9 Å². The van der Waals surface area contributed by atoms with Gasteiger partial charge in [-0.1, -0.05) is 30.3 Å². The number of H-pyrrole nitrogens is 1. The first-order chi connectivity index (χ1) is 10.6. The molecule has 1 fully saturated rings. The maximum absolute atomic E-state index is 13.0. The second-order valence-corrected chi connectivity index (χ2v) is 5.75.